The SMILES string of the molecule is Oc1c(Cl)c(Cl)c(Cl)c(Cl)c1Cl.[Na+].[O-]c1c(Cl)c(Cl)c(Cl)c(Cl)c1Cl. The summed E-state index contributed by atoms with van der Waals surface area (Å²) in [4.78, 5) is 0. The zero-order valence-electron chi connectivity index (χ0n) is 11.6. The van der Waals surface area contributed by atoms with E-state index in [1.165, 1.54) is 0 Å². The Morgan fingerprint density at radius 3 is 0.920 bits per heavy atom. The summed E-state index contributed by atoms with van der Waals surface area (Å²) in [6.07, 6.45) is 0. The molecule has 2 aromatic carbocycles. The first-order valence-corrected chi connectivity index (χ1v) is 9.10. The van der Waals surface area contributed by atoms with Crippen molar-refractivity contribution in [1.29, 1.82) is 0 Å². The third-order valence-corrected chi connectivity index (χ3v) is 6.86. The van der Waals surface area contributed by atoms with Crippen LogP contribution in [0, 0.1) is 0 Å². The van der Waals surface area contributed by atoms with Crippen LogP contribution < -0.4 is 34.7 Å². The average molecular weight is 555 g/mol. The molecule has 1 N–H and O–H groups in total. The van der Waals surface area contributed by atoms with Crippen molar-refractivity contribution in [3.05, 3.63) is 50.2 Å². The molecule has 0 amide bonds. The quantitative estimate of drug-likeness (QED) is 0.258. The zero-order valence-corrected chi connectivity index (χ0v) is 21.2. The molecular formula is C12HCl10NaO2. The minimum absolute atomic E-state index is 0. The van der Waals surface area contributed by atoms with E-state index in [2.05, 4.69) is 0 Å². The Balaban J connectivity index is 0.000000443. The van der Waals surface area contributed by atoms with Gasteiger partial charge in [-0.05, 0) is 0 Å². The maximum atomic E-state index is 11.1. The van der Waals surface area contributed by atoms with Crippen LogP contribution in [0.5, 0.6) is 11.5 Å². The van der Waals surface area contributed by atoms with E-state index in [1.54, 1.807) is 0 Å². The van der Waals surface area contributed by atoms with Crippen molar-refractivity contribution in [1.82, 2.24) is 0 Å². The van der Waals surface area contributed by atoms with Crippen molar-refractivity contribution >= 4 is 116 Å². The van der Waals surface area contributed by atoms with Crippen LogP contribution in [0.2, 0.25) is 50.2 Å². The Kier molecular flexibility index (Phi) is 12.1. The van der Waals surface area contributed by atoms with Crippen molar-refractivity contribution in [3.8, 4) is 11.5 Å². The summed E-state index contributed by atoms with van der Waals surface area (Å²) in [5.41, 5.74) is 0. The van der Waals surface area contributed by atoms with Gasteiger partial charge in [-0.1, -0.05) is 122 Å². The average Bonchev–Trinajstić information content (AvgIpc) is 2.58. The summed E-state index contributed by atoms with van der Waals surface area (Å²) < 4.78 is 0. The Hall–Kier alpha value is 1.94. The Morgan fingerprint density at radius 2 is 0.640 bits per heavy atom. The number of aromatic hydroxyl groups is 1. The minimum atomic E-state index is -0.613. The van der Waals surface area contributed by atoms with Gasteiger partial charge in [0.25, 0.3) is 0 Å². The van der Waals surface area contributed by atoms with Crippen LogP contribution in [0.25, 0.3) is 0 Å². The molecule has 0 radical (unpaired) electrons. The molecule has 13 heteroatoms. The molecule has 0 aromatic heterocycles. The fourth-order valence-electron chi connectivity index (χ4n) is 1.18. The first-order valence-electron chi connectivity index (χ1n) is 5.32. The Morgan fingerprint density at radius 1 is 0.440 bits per heavy atom. The fraction of sp³-hybridized carbons (Fsp3) is 0. The van der Waals surface area contributed by atoms with Crippen LogP contribution in [0.4, 0.5) is 0 Å². The van der Waals surface area contributed by atoms with E-state index in [1.807, 2.05) is 0 Å². The predicted molar refractivity (Wildman–Crippen MR) is 104 cm³/mol. The molecular weight excluding hydrogens is 554 g/mol. The van der Waals surface area contributed by atoms with E-state index in [0.29, 0.717) is 0 Å². The molecule has 0 spiro atoms. The smallest absolute Gasteiger partial charge is 0.870 e. The molecule has 0 unspecified atom stereocenters. The van der Waals surface area contributed by atoms with Crippen molar-refractivity contribution in [2.24, 2.45) is 0 Å². The van der Waals surface area contributed by atoms with Crippen molar-refractivity contribution in [2.45, 2.75) is 0 Å². The second kappa shape index (κ2) is 11.2. The number of hydrogen-bond acceptors (Lipinski definition) is 2. The van der Waals surface area contributed by atoms with Gasteiger partial charge >= 0.3 is 29.6 Å². The first kappa shape index (κ1) is 26.9. The van der Waals surface area contributed by atoms with Gasteiger partial charge in [0.2, 0.25) is 0 Å². The molecule has 0 bridgehead atoms. The van der Waals surface area contributed by atoms with E-state index >= 15 is 0 Å². The molecule has 0 atom stereocenters. The van der Waals surface area contributed by atoms with Crippen molar-refractivity contribution < 1.29 is 39.8 Å². The summed E-state index contributed by atoms with van der Waals surface area (Å²) in [5.74, 6) is -0.976. The second-order valence-electron chi connectivity index (χ2n) is 3.82. The zero-order chi connectivity index (χ0) is 18.9. The molecule has 0 aliphatic rings. The van der Waals surface area contributed by atoms with E-state index in [4.69, 9.17) is 116 Å². The number of phenolic OH excluding ortho intramolecular Hbond substituents is 1. The van der Waals surface area contributed by atoms with Crippen LogP contribution in [-0.2, 0) is 0 Å². The van der Waals surface area contributed by atoms with Gasteiger partial charge in [-0.3, -0.25) is 0 Å². The molecule has 25 heavy (non-hydrogen) atoms. The molecule has 0 heterocycles. The number of hydrogen-bond donors (Lipinski definition) is 1. The third-order valence-electron chi connectivity index (χ3n) is 2.36. The van der Waals surface area contributed by atoms with Gasteiger partial charge in [0, 0.05) is 0 Å². The Labute approximate surface area is 215 Å². The molecule has 0 aliphatic heterocycles. The van der Waals surface area contributed by atoms with E-state index in [0.717, 1.165) is 0 Å². The van der Waals surface area contributed by atoms with Gasteiger partial charge in [-0.2, -0.15) is 0 Å². The number of phenols is 1. The van der Waals surface area contributed by atoms with Crippen LogP contribution in [0.1, 0.15) is 0 Å². The van der Waals surface area contributed by atoms with Gasteiger partial charge in [-0.25, -0.2) is 0 Å². The maximum Gasteiger partial charge on any atom is 1.00 e. The van der Waals surface area contributed by atoms with E-state index < -0.39 is 5.75 Å². The van der Waals surface area contributed by atoms with Gasteiger partial charge < -0.3 is 10.2 Å². The summed E-state index contributed by atoms with van der Waals surface area (Å²) in [6, 6.07) is 0. The molecule has 0 saturated heterocycles. The van der Waals surface area contributed by atoms with E-state index in [9.17, 15) is 10.2 Å². The first-order chi connectivity index (χ1) is 10.9. The molecule has 0 aliphatic carbocycles. The minimum Gasteiger partial charge on any atom is -0.870 e. The molecule has 0 saturated carbocycles. The maximum absolute atomic E-state index is 11.1. The van der Waals surface area contributed by atoms with E-state index in [-0.39, 0.29) is 85.5 Å². The third kappa shape index (κ3) is 5.96. The molecule has 132 valence electrons. The summed E-state index contributed by atoms with van der Waals surface area (Å²) in [6.45, 7) is 0. The summed E-state index contributed by atoms with van der Waals surface area (Å²) in [7, 11) is 0. The largest absolute Gasteiger partial charge is 1.00 e. The normalized spacial score (nSPS) is 10.0. The van der Waals surface area contributed by atoms with Crippen LogP contribution >= 0.6 is 116 Å². The molecule has 0 fully saturated rings. The molecule has 2 nitrogen and oxygen atoms in total. The molecule has 2 rings (SSSR count). The number of rotatable bonds is 0. The molecule has 2 aromatic rings. The monoisotopic (exact) mass is 550 g/mol. The Bertz CT molecular complexity index is 534. The van der Waals surface area contributed by atoms with Crippen molar-refractivity contribution in [2.75, 3.05) is 0 Å². The number of benzene rings is 2. The second-order valence-corrected chi connectivity index (χ2v) is 7.60. The summed E-state index contributed by atoms with van der Waals surface area (Å²) in [5, 5.41) is 19.5. The predicted octanol–water partition coefficient (Wildman–Crippen LogP) is 5.69. The van der Waals surface area contributed by atoms with Gasteiger partial charge in [0.05, 0.1) is 40.2 Å². The standard InChI is InChI=1S/2C6HCl5O.Na/c2*7-1-2(8)4(10)6(12)5(11)3(1)9;/h2*12H;/q;;+1/p-1. The van der Waals surface area contributed by atoms with Gasteiger partial charge in [0.1, 0.15) is 10.0 Å². The summed E-state index contributed by atoms with van der Waals surface area (Å²) >= 11 is 55.6. The number of halogens is 10. The van der Waals surface area contributed by atoms with Crippen molar-refractivity contribution in [3.63, 3.8) is 0 Å². The van der Waals surface area contributed by atoms with Gasteiger partial charge in [0.15, 0.2) is 5.75 Å². The topological polar surface area (TPSA) is 43.3 Å². The van der Waals surface area contributed by atoms with Gasteiger partial charge in [-0.15, -0.1) is 0 Å². The van der Waals surface area contributed by atoms with Crippen LogP contribution in [0.3, 0.4) is 0 Å². The van der Waals surface area contributed by atoms with Crippen LogP contribution in [-0.4, -0.2) is 5.11 Å². The van der Waals surface area contributed by atoms with Crippen LogP contribution in [0.15, 0.2) is 0 Å². The fourth-order valence-corrected chi connectivity index (χ4v) is 3.43.